The monoisotopic (exact) mass is 372 g/mol. The summed E-state index contributed by atoms with van der Waals surface area (Å²) in [5.41, 5.74) is 5.06. The van der Waals surface area contributed by atoms with Gasteiger partial charge in [-0.3, -0.25) is 20.4 Å². The van der Waals surface area contributed by atoms with E-state index in [4.69, 9.17) is 14.2 Å². The highest BCUT2D eigenvalue weighted by atomic mass is 16.5. The number of hydrogen-bond acceptors (Lipinski definition) is 5. The maximum Gasteiger partial charge on any atom is 0.276 e. The summed E-state index contributed by atoms with van der Waals surface area (Å²) in [5, 5.41) is 0. The summed E-state index contributed by atoms with van der Waals surface area (Å²) in [7, 11) is 1.57. The molecule has 7 nitrogen and oxygen atoms in total. The van der Waals surface area contributed by atoms with Gasteiger partial charge in [0.15, 0.2) is 6.61 Å². The van der Waals surface area contributed by atoms with Crippen LogP contribution in [0, 0.1) is 0 Å². The number of benzene rings is 2. The number of amides is 2. The molecule has 27 heavy (non-hydrogen) atoms. The molecule has 2 rings (SSSR count). The van der Waals surface area contributed by atoms with Gasteiger partial charge in [-0.2, -0.15) is 0 Å². The van der Waals surface area contributed by atoms with Gasteiger partial charge in [-0.05, 0) is 61.9 Å². The molecule has 1 unspecified atom stereocenters. The quantitative estimate of drug-likeness (QED) is 0.696. The van der Waals surface area contributed by atoms with Gasteiger partial charge >= 0.3 is 0 Å². The van der Waals surface area contributed by atoms with Crippen molar-refractivity contribution < 1.29 is 23.8 Å². The largest absolute Gasteiger partial charge is 0.497 e. The molecule has 2 amide bonds. The van der Waals surface area contributed by atoms with E-state index in [0.29, 0.717) is 22.8 Å². The second-order valence-corrected chi connectivity index (χ2v) is 5.83. The number of methoxy groups -OCH3 is 1. The fourth-order valence-corrected chi connectivity index (χ4v) is 2.06. The fourth-order valence-electron chi connectivity index (χ4n) is 2.06. The first-order chi connectivity index (χ1) is 13.0. The molecule has 0 saturated carbocycles. The lowest BCUT2D eigenvalue weighted by molar-refractivity contribution is -0.123. The molecule has 144 valence electrons. The van der Waals surface area contributed by atoms with Crippen LogP contribution in [0.1, 0.15) is 30.6 Å². The summed E-state index contributed by atoms with van der Waals surface area (Å²) >= 11 is 0. The van der Waals surface area contributed by atoms with Crippen LogP contribution in [-0.2, 0) is 4.79 Å². The molecular weight excluding hydrogens is 348 g/mol. The van der Waals surface area contributed by atoms with Crippen LogP contribution >= 0.6 is 0 Å². The van der Waals surface area contributed by atoms with Crippen molar-refractivity contribution in [3.63, 3.8) is 0 Å². The van der Waals surface area contributed by atoms with E-state index in [1.165, 1.54) is 0 Å². The first-order valence-corrected chi connectivity index (χ1v) is 8.64. The highest BCUT2D eigenvalue weighted by molar-refractivity contribution is 5.95. The van der Waals surface area contributed by atoms with Crippen LogP contribution in [0.25, 0.3) is 0 Å². The van der Waals surface area contributed by atoms with Crippen molar-refractivity contribution >= 4 is 11.8 Å². The zero-order valence-corrected chi connectivity index (χ0v) is 15.7. The molecular formula is C20H24N2O5. The fraction of sp³-hybridized carbons (Fsp3) is 0.300. The average Bonchev–Trinajstić information content (AvgIpc) is 2.71. The lowest BCUT2D eigenvalue weighted by atomic mass is 10.2. The Kier molecular flexibility index (Phi) is 7.49. The van der Waals surface area contributed by atoms with Gasteiger partial charge in [0.1, 0.15) is 17.2 Å². The molecule has 2 aromatic carbocycles. The van der Waals surface area contributed by atoms with Gasteiger partial charge in [0.25, 0.3) is 11.8 Å². The number of ether oxygens (including phenoxy) is 3. The van der Waals surface area contributed by atoms with Crippen molar-refractivity contribution in [2.24, 2.45) is 0 Å². The Balaban J connectivity index is 1.76. The molecule has 0 heterocycles. The number of carbonyl (C=O) groups excluding carboxylic acids is 2. The van der Waals surface area contributed by atoms with Gasteiger partial charge in [0.05, 0.1) is 13.2 Å². The van der Waals surface area contributed by atoms with Crippen molar-refractivity contribution in [3.05, 3.63) is 54.1 Å². The molecule has 0 fully saturated rings. The molecule has 2 aromatic rings. The molecule has 0 radical (unpaired) electrons. The van der Waals surface area contributed by atoms with E-state index >= 15 is 0 Å². The van der Waals surface area contributed by atoms with Crippen molar-refractivity contribution in [2.45, 2.75) is 26.4 Å². The molecule has 7 heteroatoms. The Morgan fingerprint density at radius 2 is 1.52 bits per heavy atom. The highest BCUT2D eigenvalue weighted by Crippen LogP contribution is 2.17. The lowest BCUT2D eigenvalue weighted by Gasteiger charge is -2.13. The Bertz CT molecular complexity index is 744. The number of rotatable bonds is 8. The zero-order valence-electron chi connectivity index (χ0n) is 15.7. The lowest BCUT2D eigenvalue weighted by Crippen LogP contribution is -2.43. The molecule has 0 saturated heterocycles. The van der Waals surface area contributed by atoms with E-state index < -0.39 is 11.8 Å². The van der Waals surface area contributed by atoms with Crippen molar-refractivity contribution in [3.8, 4) is 17.2 Å². The SMILES string of the molecule is CCC(C)Oc1ccc(C(=O)NNC(=O)COc2ccc(OC)cc2)cc1. The summed E-state index contributed by atoms with van der Waals surface area (Å²) < 4.78 is 16.0. The normalized spacial score (nSPS) is 11.2. The van der Waals surface area contributed by atoms with Crippen LogP contribution in [-0.4, -0.2) is 31.6 Å². The zero-order chi connectivity index (χ0) is 19.6. The third-order valence-electron chi connectivity index (χ3n) is 3.77. The van der Waals surface area contributed by atoms with Gasteiger partial charge in [0.2, 0.25) is 0 Å². The first kappa shape index (κ1) is 20.1. The van der Waals surface area contributed by atoms with Crippen LogP contribution in [0.5, 0.6) is 17.2 Å². The van der Waals surface area contributed by atoms with E-state index in [1.807, 2.05) is 13.8 Å². The molecule has 1 atom stereocenters. The molecule has 0 aliphatic heterocycles. The van der Waals surface area contributed by atoms with E-state index in [9.17, 15) is 9.59 Å². The Morgan fingerprint density at radius 1 is 0.926 bits per heavy atom. The summed E-state index contributed by atoms with van der Waals surface area (Å²) in [5.74, 6) is 1.01. The van der Waals surface area contributed by atoms with Gasteiger partial charge in [-0.15, -0.1) is 0 Å². The Hall–Kier alpha value is -3.22. The van der Waals surface area contributed by atoms with E-state index in [0.717, 1.165) is 6.42 Å². The second-order valence-electron chi connectivity index (χ2n) is 5.83. The van der Waals surface area contributed by atoms with E-state index in [-0.39, 0.29) is 12.7 Å². The highest BCUT2D eigenvalue weighted by Gasteiger charge is 2.09. The van der Waals surface area contributed by atoms with E-state index in [1.54, 1.807) is 55.6 Å². The van der Waals surface area contributed by atoms with Crippen molar-refractivity contribution in [1.82, 2.24) is 10.9 Å². The smallest absolute Gasteiger partial charge is 0.276 e. The predicted molar refractivity (Wildman–Crippen MR) is 101 cm³/mol. The summed E-state index contributed by atoms with van der Waals surface area (Å²) in [4.78, 5) is 23.9. The molecule has 0 bridgehead atoms. The number of nitrogens with one attached hydrogen (secondary N) is 2. The minimum Gasteiger partial charge on any atom is -0.497 e. The average molecular weight is 372 g/mol. The number of hydrazine groups is 1. The maximum absolute atomic E-state index is 12.1. The molecule has 0 spiro atoms. The number of carbonyl (C=O) groups is 2. The minimum atomic E-state index is -0.476. The van der Waals surface area contributed by atoms with Gasteiger partial charge < -0.3 is 14.2 Å². The van der Waals surface area contributed by atoms with Crippen LogP contribution in [0.3, 0.4) is 0 Å². The van der Waals surface area contributed by atoms with Crippen molar-refractivity contribution in [1.29, 1.82) is 0 Å². The van der Waals surface area contributed by atoms with E-state index in [2.05, 4.69) is 10.9 Å². The Labute approximate surface area is 158 Å². The van der Waals surface area contributed by atoms with Crippen LogP contribution in [0.4, 0.5) is 0 Å². The van der Waals surface area contributed by atoms with Gasteiger partial charge in [-0.25, -0.2) is 0 Å². The Morgan fingerprint density at radius 3 is 2.11 bits per heavy atom. The van der Waals surface area contributed by atoms with Crippen LogP contribution in [0.15, 0.2) is 48.5 Å². The first-order valence-electron chi connectivity index (χ1n) is 8.64. The van der Waals surface area contributed by atoms with Crippen molar-refractivity contribution in [2.75, 3.05) is 13.7 Å². The van der Waals surface area contributed by atoms with Gasteiger partial charge in [0, 0.05) is 5.56 Å². The van der Waals surface area contributed by atoms with Crippen LogP contribution in [0.2, 0.25) is 0 Å². The maximum atomic E-state index is 12.1. The van der Waals surface area contributed by atoms with Crippen LogP contribution < -0.4 is 25.1 Å². The third kappa shape index (κ3) is 6.54. The summed E-state index contributed by atoms with van der Waals surface area (Å²) in [6, 6.07) is 13.5. The minimum absolute atomic E-state index is 0.106. The molecule has 2 N–H and O–H groups in total. The molecule has 0 aliphatic carbocycles. The molecule has 0 aliphatic rings. The summed E-state index contributed by atoms with van der Waals surface area (Å²) in [6.07, 6.45) is 1.00. The number of hydrogen-bond donors (Lipinski definition) is 2. The third-order valence-corrected chi connectivity index (χ3v) is 3.77. The second kappa shape index (κ2) is 10.1. The molecule has 0 aromatic heterocycles. The topological polar surface area (TPSA) is 85.9 Å². The summed E-state index contributed by atoms with van der Waals surface area (Å²) in [6.45, 7) is 3.78. The van der Waals surface area contributed by atoms with Gasteiger partial charge in [-0.1, -0.05) is 6.92 Å². The predicted octanol–water partition coefficient (Wildman–Crippen LogP) is 2.71. The standard InChI is InChI=1S/C20H24N2O5/c1-4-14(2)27-18-7-5-15(6-8-18)20(24)22-21-19(23)13-26-17-11-9-16(25-3)10-12-17/h5-12,14H,4,13H2,1-3H3,(H,21,23)(H,22,24).